The lowest BCUT2D eigenvalue weighted by molar-refractivity contribution is 1.13. The van der Waals surface area contributed by atoms with E-state index in [1.165, 1.54) is 5.56 Å². The minimum absolute atomic E-state index is 0.513. The summed E-state index contributed by atoms with van der Waals surface area (Å²) in [5.41, 5.74) is 2.41. The van der Waals surface area contributed by atoms with Crippen LogP contribution in [0.15, 0.2) is 47.1 Å². The topological polar surface area (TPSA) is 12.9 Å². The third-order valence-corrected chi connectivity index (χ3v) is 3.08. The first kappa shape index (κ1) is 10.7. The molecule has 2 rings (SSSR count). The van der Waals surface area contributed by atoms with Crippen molar-refractivity contribution in [3.63, 3.8) is 0 Å². The van der Waals surface area contributed by atoms with E-state index in [-0.39, 0.29) is 0 Å². The van der Waals surface area contributed by atoms with Crippen LogP contribution in [-0.2, 0) is 6.42 Å². The van der Waals surface area contributed by atoms with Gasteiger partial charge in [0.05, 0.1) is 0 Å². The van der Waals surface area contributed by atoms with Crippen LogP contribution < -0.4 is 0 Å². The molecule has 0 saturated heterocycles. The summed E-state index contributed by atoms with van der Waals surface area (Å²) in [6.45, 7) is 0. The molecule has 0 spiro atoms. The highest BCUT2D eigenvalue weighted by Gasteiger charge is 2.02. The van der Waals surface area contributed by atoms with Crippen molar-refractivity contribution in [3.8, 4) is 0 Å². The normalized spacial score (nSPS) is 10.3. The minimum Gasteiger partial charge on any atom is -0.244 e. The lowest BCUT2D eigenvalue weighted by atomic mass is 10.1. The average Bonchev–Trinajstić information content (AvgIpc) is 2.24. The predicted octanol–water partition coefficient (Wildman–Crippen LogP) is 4.09. The van der Waals surface area contributed by atoms with Gasteiger partial charge in [-0.3, -0.25) is 0 Å². The van der Waals surface area contributed by atoms with Crippen molar-refractivity contribution in [1.29, 1.82) is 0 Å². The summed E-state index contributed by atoms with van der Waals surface area (Å²) in [7, 11) is 0. The van der Waals surface area contributed by atoms with Crippen LogP contribution in [0.2, 0.25) is 5.15 Å². The van der Waals surface area contributed by atoms with Crippen LogP contribution in [0.1, 0.15) is 11.1 Å². The molecule has 0 unspecified atom stereocenters. The van der Waals surface area contributed by atoms with Crippen molar-refractivity contribution in [2.24, 2.45) is 0 Å². The molecular weight excluding hydrogens is 273 g/mol. The van der Waals surface area contributed by atoms with Crippen LogP contribution in [0.4, 0.5) is 0 Å². The Morgan fingerprint density at radius 3 is 2.60 bits per heavy atom. The minimum atomic E-state index is 0.513. The van der Waals surface area contributed by atoms with Gasteiger partial charge >= 0.3 is 0 Å². The van der Waals surface area contributed by atoms with Gasteiger partial charge in [0.15, 0.2) is 0 Å². The second kappa shape index (κ2) is 4.77. The van der Waals surface area contributed by atoms with Crippen LogP contribution in [0.3, 0.4) is 0 Å². The molecule has 1 aromatic heterocycles. The molecule has 1 nitrogen and oxygen atoms in total. The maximum Gasteiger partial charge on any atom is 0.130 e. The van der Waals surface area contributed by atoms with Crippen LogP contribution in [0.5, 0.6) is 0 Å². The summed E-state index contributed by atoms with van der Waals surface area (Å²) in [6, 6.07) is 12.1. The summed E-state index contributed by atoms with van der Waals surface area (Å²) in [5, 5.41) is 0.513. The average molecular weight is 283 g/mol. The van der Waals surface area contributed by atoms with Crippen LogP contribution in [-0.4, -0.2) is 4.98 Å². The molecule has 0 bridgehead atoms. The van der Waals surface area contributed by atoms with Crippen molar-refractivity contribution < 1.29 is 0 Å². The monoisotopic (exact) mass is 281 g/mol. The molecule has 1 heterocycles. The van der Waals surface area contributed by atoms with Gasteiger partial charge in [0.25, 0.3) is 0 Å². The number of benzene rings is 1. The van der Waals surface area contributed by atoms with Crippen molar-refractivity contribution >= 4 is 27.5 Å². The molecule has 0 atom stereocenters. The van der Waals surface area contributed by atoms with E-state index >= 15 is 0 Å². The van der Waals surface area contributed by atoms with E-state index in [1.807, 2.05) is 24.3 Å². The first-order valence-electron chi connectivity index (χ1n) is 4.59. The number of hydrogen-bond donors (Lipinski definition) is 0. The van der Waals surface area contributed by atoms with Gasteiger partial charge in [-0.2, -0.15) is 0 Å². The maximum absolute atomic E-state index is 5.78. The van der Waals surface area contributed by atoms with E-state index in [0.717, 1.165) is 16.5 Å². The molecular formula is C12H9BrClN. The Morgan fingerprint density at radius 1 is 1.20 bits per heavy atom. The van der Waals surface area contributed by atoms with Crippen LogP contribution in [0.25, 0.3) is 0 Å². The molecule has 0 N–H and O–H groups in total. The van der Waals surface area contributed by atoms with Gasteiger partial charge < -0.3 is 0 Å². The van der Waals surface area contributed by atoms with Crippen LogP contribution in [0, 0.1) is 0 Å². The lowest BCUT2D eigenvalue weighted by Crippen LogP contribution is -1.90. The van der Waals surface area contributed by atoms with Crippen molar-refractivity contribution in [2.45, 2.75) is 6.42 Å². The maximum atomic E-state index is 5.78. The Balaban J connectivity index is 2.25. The molecule has 0 amide bonds. The zero-order valence-corrected chi connectivity index (χ0v) is 10.3. The van der Waals surface area contributed by atoms with Gasteiger partial charge in [0.1, 0.15) is 5.15 Å². The Bertz CT molecular complexity index is 456. The molecule has 15 heavy (non-hydrogen) atoms. The van der Waals surface area contributed by atoms with Crippen LogP contribution >= 0.6 is 27.5 Å². The molecule has 0 aliphatic rings. The highest BCUT2D eigenvalue weighted by molar-refractivity contribution is 9.10. The smallest absolute Gasteiger partial charge is 0.130 e. The van der Waals surface area contributed by atoms with Crippen molar-refractivity contribution in [2.75, 3.05) is 0 Å². The van der Waals surface area contributed by atoms with E-state index in [2.05, 4.69) is 33.0 Å². The van der Waals surface area contributed by atoms with E-state index in [9.17, 15) is 0 Å². The Kier molecular flexibility index (Phi) is 3.39. The second-order valence-electron chi connectivity index (χ2n) is 3.26. The number of halogens is 2. The summed E-state index contributed by atoms with van der Waals surface area (Å²) in [6.07, 6.45) is 2.67. The van der Waals surface area contributed by atoms with E-state index < -0.39 is 0 Å². The van der Waals surface area contributed by atoms with Crippen molar-refractivity contribution in [1.82, 2.24) is 4.98 Å². The van der Waals surface area contributed by atoms with Gasteiger partial charge in [-0.05, 0) is 17.2 Å². The summed E-state index contributed by atoms with van der Waals surface area (Å²) < 4.78 is 1.01. The SMILES string of the molecule is Clc1cc(Br)c(Cc2ccccc2)cn1. The first-order chi connectivity index (χ1) is 7.25. The molecule has 0 aliphatic heterocycles. The fraction of sp³-hybridized carbons (Fsp3) is 0.0833. The molecule has 0 fully saturated rings. The highest BCUT2D eigenvalue weighted by atomic mass is 79.9. The quantitative estimate of drug-likeness (QED) is 0.756. The fourth-order valence-corrected chi connectivity index (χ4v) is 2.13. The van der Waals surface area contributed by atoms with Crippen molar-refractivity contribution in [3.05, 3.63) is 63.3 Å². The highest BCUT2D eigenvalue weighted by Crippen LogP contribution is 2.21. The largest absolute Gasteiger partial charge is 0.244 e. The zero-order valence-electron chi connectivity index (χ0n) is 7.95. The molecule has 76 valence electrons. The standard InChI is InChI=1S/C12H9BrClN/c13-11-7-12(14)15-8-10(11)6-9-4-2-1-3-5-9/h1-5,7-8H,6H2. The number of aromatic nitrogens is 1. The van der Waals surface area contributed by atoms with Gasteiger partial charge in [-0.25, -0.2) is 4.98 Å². The summed E-state index contributed by atoms with van der Waals surface area (Å²) in [4.78, 5) is 4.07. The Hall–Kier alpha value is -0.860. The van der Waals surface area contributed by atoms with Gasteiger partial charge in [-0.15, -0.1) is 0 Å². The predicted molar refractivity (Wildman–Crippen MR) is 66.2 cm³/mol. The molecule has 0 aliphatic carbocycles. The fourth-order valence-electron chi connectivity index (χ4n) is 1.38. The first-order valence-corrected chi connectivity index (χ1v) is 5.76. The van der Waals surface area contributed by atoms with E-state index in [0.29, 0.717) is 5.15 Å². The Labute approximate surface area is 102 Å². The number of rotatable bonds is 2. The summed E-state index contributed by atoms with van der Waals surface area (Å²) >= 11 is 9.26. The molecule has 0 radical (unpaired) electrons. The van der Waals surface area contributed by atoms with Gasteiger partial charge in [-0.1, -0.05) is 57.9 Å². The third kappa shape index (κ3) is 2.80. The molecule has 2 aromatic rings. The lowest BCUT2D eigenvalue weighted by Gasteiger charge is -2.04. The van der Waals surface area contributed by atoms with E-state index in [4.69, 9.17) is 11.6 Å². The van der Waals surface area contributed by atoms with Gasteiger partial charge in [0.2, 0.25) is 0 Å². The molecule has 3 heteroatoms. The van der Waals surface area contributed by atoms with E-state index in [1.54, 1.807) is 6.20 Å². The molecule has 1 aromatic carbocycles. The summed E-state index contributed by atoms with van der Waals surface area (Å²) in [5.74, 6) is 0. The van der Waals surface area contributed by atoms with Gasteiger partial charge in [0, 0.05) is 17.1 Å². The Morgan fingerprint density at radius 2 is 1.93 bits per heavy atom. The third-order valence-electron chi connectivity index (χ3n) is 2.13. The number of nitrogens with zero attached hydrogens (tertiary/aromatic N) is 1. The number of hydrogen-bond acceptors (Lipinski definition) is 1. The second-order valence-corrected chi connectivity index (χ2v) is 4.50. The molecule has 0 saturated carbocycles. The number of pyridine rings is 1. The zero-order chi connectivity index (χ0) is 10.7.